The lowest BCUT2D eigenvalue weighted by Gasteiger charge is -2.09. The molecule has 0 aliphatic rings. The third-order valence-corrected chi connectivity index (χ3v) is 2.35. The molecular weight excluding hydrogens is 210 g/mol. The predicted octanol–water partition coefficient (Wildman–Crippen LogP) is 2.26. The van der Waals surface area contributed by atoms with Crippen LogP contribution < -0.4 is 0 Å². The van der Waals surface area contributed by atoms with Gasteiger partial charge in [0.25, 0.3) is 5.69 Å². The van der Waals surface area contributed by atoms with Crippen LogP contribution >= 0.6 is 0 Å². The molecule has 0 aromatic heterocycles. The molecule has 0 N–H and O–H groups in total. The van der Waals surface area contributed by atoms with Crippen LogP contribution in [0.3, 0.4) is 0 Å². The topological polar surface area (TPSA) is 69.4 Å². The van der Waals surface area contributed by atoms with Gasteiger partial charge in [-0.2, -0.15) is 0 Å². The summed E-state index contributed by atoms with van der Waals surface area (Å²) in [4.78, 5) is 21.2. The van der Waals surface area contributed by atoms with Gasteiger partial charge >= 0.3 is 5.97 Å². The second-order valence-electron chi connectivity index (χ2n) is 3.53. The average molecular weight is 223 g/mol. The smallest absolute Gasteiger partial charge is 0.306 e. The molecule has 16 heavy (non-hydrogen) atoms. The van der Waals surface area contributed by atoms with Gasteiger partial charge in [-0.3, -0.25) is 14.9 Å². The minimum atomic E-state index is -0.450. The molecule has 0 spiro atoms. The van der Waals surface area contributed by atoms with E-state index in [2.05, 4.69) is 4.74 Å². The van der Waals surface area contributed by atoms with Crippen LogP contribution in [0.25, 0.3) is 0 Å². The van der Waals surface area contributed by atoms with Crippen LogP contribution in [0.5, 0.6) is 0 Å². The van der Waals surface area contributed by atoms with E-state index in [0.29, 0.717) is 0 Å². The lowest BCUT2D eigenvalue weighted by Crippen LogP contribution is -2.06. The average Bonchev–Trinajstić information content (AvgIpc) is 2.28. The molecule has 0 amide bonds. The molecule has 86 valence electrons. The van der Waals surface area contributed by atoms with Gasteiger partial charge in [-0.05, 0) is 11.5 Å². The van der Waals surface area contributed by atoms with Crippen molar-refractivity contribution in [1.82, 2.24) is 0 Å². The van der Waals surface area contributed by atoms with Gasteiger partial charge in [-0.15, -0.1) is 0 Å². The number of rotatable bonds is 4. The van der Waals surface area contributed by atoms with Crippen molar-refractivity contribution in [3.8, 4) is 0 Å². The Morgan fingerprint density at radius 2 is 2.25 bits per heavy atom. The van der Waals surface area contributed by atoms with Crippen LogP contribution in [-0.4, -0.2) is 18.0 Å². The van der Waals surface area contributed by atoms with Gasteiger partial charge in [0.1, 0.15) is 0 Å². The fourth-order valence-electron chi connectivity index (χ4n) is 1.40. The summed E-state index contributed by atoms with van der Waals surface area (Å²) in [7, 11) is 1.32. The quantitative estimate of drug-likeness (QED) is 0.446. The highest BCUT2D eigenvalue weighted by molar-refractivity contribution is 5.70. The van der Waals surface area contributed by atoms with Crippen LogP contribution in [0.15, 0.2) is 24.3 Å². The van der Waals surface area contributed by atoms with E-state index in [1.165, 1.54) is 19.2 Å². The van der Waals surface area contributed by atoms with Crippen molar-refractivity contribution < 1.29 is 14.5 Å². The monoisotopic (exact) mass is 223 g/mol. The molecule has 0 saturated carbocycles. The van der Waals surface area contributed by atoms with Gasteiger partial charge in [0.15, 0.2) is 0 Å². The maximum atomic E-state index is 11.1. The summed E-state index contributed by atoms with van der Waals surface area (Å²) in [6.07, 6.45) is 0.220. The number of non-ortho nitro benzene ring substituents is 1. The molecule has 0 saturated heterocycles. The summed E-state index contributed by atoms with van der Waals surface area (Å²) >= 11 is 0. The molecule has 1 unspecified atom stereocenters. The minimum absolute atomic E-state index is 0.0363. The maximum Gasteiger partial charge on any atom is 0.306 e. The molecule has 0 bridgehead atoms. The lowest BCUT2D eigenvalue weighted by atomic mass is 9.97. The SMILES string of the molecule is COC(=O)CC(C)c1cccc([N+](=O)[O-])c1. The summed E-state index contributed by atoms with van der Waals surface area (Å²) in [6, 6.07) is 6.28. The minimum Gasteiger partial charge on any atom is -0.469 e. The van der Waals surface area contributed by atoms with Crippen molar-refractivity contribution in [3.05, 3.63) is 39.9 Å². The number of carbonyl (C=O) groups is 1. The third kappa shape index (κ3) is 3.05. The number of methoxy groups -OCH3 is 1. The zero-order valence-corrected chi connectivity index (χ0v) is 9.17. The van der Waals surface area contributed by atoms with E-state index in [1.807, 2.05) is 6.92 Å². The highest BCUT2D eigenvalue weighted by Gasteiger charge is 2.14. The van der Waals surface area contributed by atoms with Crippen molar-refractivity contribution in [2.24, 2.45) is 0 Å². The van der Waals surface area contributed by atoms with Gasteiger partial charge in [0.05, 0.1) is 18.5 Å². The number of esters is 1. The highest BCUT2D eigenvalue weighted by atomic mass is 16.6. The summed E-state index contributed by atoms with van der Waals surface area (Å²) in [6.45, 7) is 1.83. The van der Waals surface area contributed by atoms with E-state index in [-0.39, 0.29) is 24.0 Å². The van der Waals surface area contributed by atoms with Gasteiger partial charge in [-0.1, -0.05) is 19.1 Å². The van der Waals surface area contributed by atoms with Crippen LogP contribution in [-0.2, 0) is 9.53 Å². The van der Waals surface area contributed by atoms with Crippen molar-refractivity contribution in [2.45, 2.75) is 19.3 Å². The fraction of sp³-hybridized carbons (Fsp3) is 0.364. The van der Waals surface area contributed by atoms with Crippen LogP contribution in [0.2, 0.25) is 0 Å². The Labute approximate surface area is 93.2 Å². The summed E-state index contributed by atoms with van der Waals surface area (Å²) in [5.41, 5.74) is 0.800. The van der Waals surface area contributed by atoms with E-state index in [1.54, 1.807) is 12.1 Å². The van der Waals surface area contributed by atoms with E-state index in [0.717, 1.165) is 5.56 Å². The second-order valence-corrected chi connectivity index (χ2v) is 3.53. The molecular formula is C11H13NO4. The Morgan fingerprint density at radius 1 is 1.56 bits per heavy atom. The van der Waals surface area contributed by atoms with Gasteiger partial charge < -0.3 is 4.74 Å². The zero-order chi connectivity index (χ0) is 12.1. The van der Waals surface area contributed by atoms with E-state index in [4.69, 9.17) is 0 Å². The van der Waals surface area contributed by atoms with Crippen molar-refractivity contribution >= 4 is 11.7 Å². The first-order chi connectivity index (χ1) is 7.54. The Morgan fingerprint density at radius 3 is 2.81 bits per heavy atom. The van der Waals surface area contributed by atoms with Crippen molar-refractivity contribution in [1.29, 1.82) is 0 Å². The van der Waals surface area contributed by atoms with Crippen molar-refractivity contribution in [3.63, 3.8) is 0 Å². The lowest BCUT2D eigenvalue weighted by molar-refractivity contribution is -0.384. The first-order valence-electron chi connectivity index (χ1n) is 4.85. The number of nitrogens with zero attached hydrogens (tertiary/aromatic N) is 1. The van der Waals surface area contributed by atoms with E-state index in [9.17, 15) is 14.9 Å². The molecule has 5 nitrogen and oxygen atoms in total. The number of ether oxygens (including phenoxy) is 1. The second kappa shape index (κ2) is 5.25. The molecule has 1 rings (SSSR count). The summed E-state index contributed by atoms with van der Waals surface area (Å²) < 4.78 is 4.55. The van der Waals surface area contributed by atoms with Crippen LogP contribution in [0.4, 0.5) is 5.69 Å². The first kappa shape index (κ1) is 12.2. The molecule has 1 aromatic carbocycles. The molecule has 5 heteroatoms. The number of benzene rings is 1. The van der Waals surface area contributed by atoms with Gasteiger partial charge in [-0.25, -0.2) is 0 Å². The largest absolute Gasteiger partial charge is 0.469 e. The van der Waals surface area contributed by atoms with Gasteiger partial charge in [0.2, 0.25) is 0 Å². The number of nitro groups is 1. The first-order valence-corrected chi connectivity index (χ1v) is 4.85. The Hall–Kier alpha value is -1.91. The van der Waals surface area contributed by atoms with E-state index >= 15 is 0 Å². The number of hydrogen-bond donors (Lipinski definition) is 0. The molecule has 0 aliphatic heterocycles. The fourth-order valence-corrected chi connectivity index (χ4v) is 1.40. The molecule has 0 radical (unpaired) electrons. The third-order valence-electron chi connectivity index (χ3n) is 2.35. The van der Waals surface area contributed by atoms with Crippen LogP contribution in [0.1, 0.15) is 24.8 Å². The molecule has 1 aromatic rings. The zero-order valence-electron chi connectivity index (χ0n) is 9.17. The highest BCUT2D eigenvalue weighted by Crippen LogP contribution is 2.23. The summed E-state index contributed by atoms with van der Waals surface area (Å²) in [5.74, 6) is -0.411. The standard InChI is InChI=1S/C11H13NO4/c1-8(6-11(13)16-2)9-4-3-5-10(7-9)12(14)15/h3-5,7-8H,6H2,1-2H3. The Balaban J connectivity index is 2.83. The summed E-state index contributed by atoms with van der Waals surface area (Å²) in [5, 5.41) is 10.6. The number of hydrogen-bond acceptors (Lipinski definition) is 4. The van der Waals surface area contributed by atoms with Crippen molar-refractivity contribution in [2.75, 3.05) is 7.11 Å². The molecule has 0 fully saturated rings. The molecule has 0 heterocycles. The maximum absolute atomic E-state index is 11.1. The molecule has 1 atom stereocenters. The van der Waals surface area contributed by atoms with Crippen LogP contribution in [0, 0.1) is 10.1 Å². The molecule has 0 aliphatic carbocycles. The normalized spacial score (nSPS) is 11.9. The number of nitro benzene ring substituents is 1. The predicted molar refractivity (Wildman–Crippen MR) is 58.1 cm³/mol. The number of carbonyl (C=O) groups excluding carboxylic acids is 1. The Kier molecular flexibility index (Phi) is 3.99. The van der Waals surface area contributed by atoms with E-state index < -0.39 is 4.92 Å². The van der Waals surface area contributed by atoms with Gasteiger partial charge in [0, 0.05) is 12.1 Å². The Bertz CT molecular complexity index is 403.